The van der Waals surface area contributed by atoms with Crippen LogP contribution in [0.4, 0.5) is 0 Å². The molecule has 0 spiro atoms. The van der Waals surface area contributed by atoms with E-state index in [4.69, 9.17) is 52.7 Å². The maximum Gasteiger partial charge on any atom is 1.00 e. The van der Waals surface area contributed by atoms with Gasteiger partial charge in [-0.25, -0.2) is 9.59 Å². The van der Waals surface area contributed by atoms with E-state index in [1.54, 1.807) is 13.8 Å². The number of fused-ring (bicyclic) bond motifs is 2. The number of carboxylic acid groups (broad SMARTS) is 1. The molecule has 0 aromatic heterocycles. The number of esters is 2. The number of carbonyl (C=O) groups is 6. The normalized spacial score (nSPS) is 12.8. The number of carboxylic acids is 1. The Bertz CT molecular complexity index is 2680. The zero-order valence-electron chi connectivity index (χ0n) is 57.4. The van der Waals surface area contributed by atoms with Gasteiger partial charge in [0.15, 0.2) is 0 Å². The molecule has 0 aliphatic carbocycles. The molecular weight excluding hydrogens is 1230 g/mol. The van der Waals surface area contributed by atoms with Crippen LogP contribution in [0.5, 0.6) is 11.5 Å². The van der Waals surface area contributed by atoms with Crippen molar-refractivity contribution in [1.29, 1.82) is 0 Å². The average molecular weight is 1340 g/mol. The van der Waals surface area contributed by atoms with E-state index in [2.05, 4.69) is 94.6 Å². The molecule has 0 bridgehead atoms. The number of aldehydes is 1. The number of nitrogens with two attached hydrogens (primary N) is 1. The quantitative estimate of drug-likeness (QED) is 0.0112. The first-order chi connectivity index (χ1) is 41.3. The summed E-state index contributed by atoms with van der Waals surface area (Å²) in [6.45, 7) is 42.1. The Kier molecular flexibility index (Phi) is 44.7. The third kappa shape index (κ3) is 33.6. The van der Waals surface area contributed by atoms with Crippen LogP contribution in [0.1, 0.15) is 154 Å². The van der Waals surface area contributed by atoms with Crippen LogP contribution in [-0.4, -0.2) is 137 Å². The summed E-state index contributed by atoms with van der Waals surface area (Å²) in [5.74, 6) is -1.06. The number of allylic oxidation sites excluding steroid dienone is 3. The molecule has 0 atom stereocenters. The van der Waals surface area contributed by atoms with E-state index < -0.39 is 49.2 Å². The number of aliphatic carboxylic acids is 1. The Hall–Kier alpha value is -3.74. The second-order valence-electron chi connectivity index (χ2n) is 22.7. The molecule has 0 saturated heterocycles. The second-order valence-corrected chi connectivity index (χ2v) is 38.3. The smallest absolute Gasteiger partial charge is 0.702 e. The minimum absolute atomic E-state index is 0. The number of carbonyl (C=O) groups excluding carboxylic acids is 5. The largest absolute Gasteiger partial charge is 1.00 e. The molecule has 4 N–H and O–H groups in total. The summed E-state index contributed by atoms with van der Waals surface area (Å²) in [6, 6.07) is 2.05. The Morgan fingerprint density at radius 3 is 1.34 bits per heavy atom. The number of nitrogens with one attached hydrogen (secondary N) is 1. The molecule has 500 valence electrons. The Morgan fingerprint density at radius 1 is 0.640 bits per heavy atom. The predicted molar refractivity (Wildman–Crippen MR) is 353 cm³/mol. The summed E-state index contributed by atoms with van der Waals surface area (Å²) in [5, 5.41) is 10.8. The van der Waals surface area contributed by atoms with E-state index >= 15 is 0 Å². The molecule has 2 heterocycles. The number of ether oxygens (including phenoxy) is 4. The molecule has 2 aromatic rings. The van der Waals surface area contributed by atoms with Crippen molar-refractivity contribution >= 4 is 75.2 Å². The average Bonchev–Trinajstić information content (AvgIpc) is 1.90. The van der Waals surface area contributed by atoms with Gasteiger partial charge in [0.2, 0.25) is 0 Å². The van der Waals surface area contributed by atoms with Crippen molar-refractivity contribution in [2.75, 3.05) is 71.6 Å². The molecule has 27 heteroatoms. The predicted octanol–water partition coefficient (Wildman–Crippen LogP) is 9.65. The van der Waals surface area contributed by atoms with Gasteiger partial charge in [-0.15, -0.1) is 0 Å². The van der Waals surface area contributed by atoms with E-state index in [1.807, 2.05) is 26.8 Å². The van der Waals surface area contributed by atoms with Crippen LogP contribution in [0.15, 0.2) is 23.3 Å². The van der Waals surface area contributed by atoms with Gasteiger partial charge in [-0.3, -0.25) is 28.3 Å². The van der Waals surface area contributed by atoms with Crippen LogP contribution in [0, 0.1) is 13.8 Å². The van der Waals surface area contributed by atoms with Gasteiger partial charge in [0.25, 0.3) is 17.9 Å². The Morgan fingerprint density at radius 2 is 1.02 bits per heavy atom. The maximum atomic E-state index is 12.7. The van der Waals surface area contributed by atoms with Crippen molar-refractivity contribution in [3.05, 3.63) is 78.9 Å². The summed E-state index contributed by atoms with van der Waals surface area (Å²) in [5.41, 5.74) is 17.2. The van der Waals surface area contributed by atoms with Gasteiger partial charge in [-0.05, 0) is 120 Å². The number of hydrogen-bond donors (Lipinski definition) is 3. The molecule has 0 amide bonds. The molecular formula is C62H106BN2NaO19P2Si2. The molecule has 4 rings (SSSR count). The zero-order valence-corrected chi connectivity index (χ0v) is 63.2. The standard InChI is InChI=1S/C28H48NO6PSi.C22H32O4Si.C6H16NO3P.C4H6BO4.C2H4O2.Na/c1-9-22(19-29-15-17-36(31,34-11-3)35-12-4)13-14-24-23(10-2)21(5)25-20-33-28(30)26(25)27(24)32-16-18-37(6,7)8;1-7-16(13-23)9-10-18-17(8-2)15(3)19-14-26-22(24)20(19)21(18)25-11-12-27(4,5)6;1-3-9-11(8,6-5-7)10-4-2;1-3(6)8-5-9-4(2)7;1-2(3)4;/h13,29H,9-12,14-20H2,1-8H3;9,13H,7-8,10-12,14H2,1-6H3;3-7H2,1-2H3;1-2H3;1H3,(H,3,4);/q;;;-1;;+1/b22-13+;16-9+;;;;. The third-order valence-corrected chi connectivity index (χ3v) is 21.0. The van der Waals surface area contributed by atoms with Crippen molar-refractivity contribution in [3.8, 4) is 11.5 Å². The number of cyclic esters (lactones) is 2. The van der Waals surface area contributed by atoms with Crippen LogP contribution >= 0.6 is 15.2 Å². The molecule has 2 aliphatic rings. The summed E-state index contributed by atoms with van der Waals surface area (Å²) >= 11 is 0. The molecule has 2 aliphatic heterocycles. The van der Waals surface area contributed by atoms with Crippen molar-refractivity contribution in [1.82, 2.24) is 5.32 Å². The van der Waals surface area contributed by atoms with Gasteiger partial charge >= 0.3 is 56.7 Å². The fourth-order valence-corrected chi connectivity index (χ4v) is 13.3. The number of rotatable bonds is 34. The van der Waals surface area contributed by atoms with E-state index in [-0.39, 0.29) is 41.5 Å². The van der Waals surface area contributed by atoms with Gasteiger partial charge in [-0.2, -0.15) is 0 Å². The van der Waals surface area contributed by atoms with Gasteiger partial charge in [-0.1, -0.05) is 84.7 Å². The fourth-order valence-electron chi connectivity index (χ4n) is 8.88. The molecule has 0 saturated carbocycles. The third-order valence-electron chi connectivity index (χ3n) is 13.4. The molecule has 2 radical (unpaired) electrons. The monoisotopic (exact) mass is 1330 g/mol. The summed E-state index contributed by atoms with van der Waals surface area (Å²) in [4.78, 5) is 65.3. The summed E-state index contributed by atoms with van der Waals surface area (Å²) in [7, 11) is -7.73. The van der Waals surface area contributed by atoms with Crippen LogP contribution < -0.4 is 50.1 Å². The number of hydrogen-bond acceptors (Lipinski definition) is 20. The first-order valence-electron chi connectivity index (χ1n) is 30.6. The van der Waals surface area contributed by atoms with Crippen LogP contribution in [0.2, 0.25) is 51.4 Å². The van der Waals surface area contributed by atoms with E-state index in [0.29, 0.717) is 134 Å². The number of benzene rings is 2. The zero-order chi connectivity index (χ0) is 67.4. The van der Waals surface area contributed by atoms with Crippen LogP contribution in [0.3, 0.4) is 0 Å². The van der Waals surface area contributed by atoms with Crippen LogP contribution in [0.25, 0.3) is 0 Å². The molecule has 0 fully saturated rings. The van der Waals surface area contributed by atoms with E-state index in [0.717, 1.165) is 83.5 Å². The summed E-state index contributed by atoms with van der Waals surface area (Å²) in [6.07, 6.45) is 10.3. The summed E-state index contributed by atoms with van der Waals surface area (Å²) < 4.78 is 76.6. The van der Waals surface area contributed by atoms with Gasteiger partial charge in [0.05, 0.1) is 52.0 Å². The van der Waals surface area contributed by atoms with Gasteiger partial charge in [0, 0.05) is 78.8 Å². The molecule has 0 unspecified atom stereocenters. The van der Waals surface area contributed by atoms with E-state index in [9.17, 15) is 33.1 Å². The van der Waals surface area contributed by atoms with E-state index in [1.165, 1.54) is 30.5 Å². The SMILES string of the molecule is CC(=O)O.CC(=O)O[B-]OC(C)=O.CC/C(C=O)=C\Cc1c(CC)c(C)c2c(c1OCC[Si](C)(C)C)C(=O)OC2.CCOP(=O)(CCN)OCC.CCOP(=O)(CCNC/C(=C/Cc1c(CC)c(C)c2c(c1OCC[Si](C)(C)C)C(=O)OC2)CC)OCC.[Na+]. The van der Waals surface area contributed by atoms with Crippen LogP contribution in [-0.2, 0) is 104 Å². The molecule has 89 heavy (non-hydrogen) atoms. The first-order valence-corrected chi connectivity index (χ1v) is 41.4. The minimum Gasteiger partial charge on any atom is -0.702 e. The Balaban J connectivity index is 0. The molecule has 2 aromatic carbocycles. The first kappa shape index (κ1) is 87.3. The minimum atomic E-state index is -3.05. The van der Waals surface area contributed by atoms with Gasteiger partial charge < -0.3 is 62.5 Å². The fraction of sp³-hybridized carbons (Fsp3) is 0.645. The van der Waals surface area contributed by atoms with Crippen molar-refractivity contribution in [2.24, 2.45) is 5.73 Å². The van der Waals surface area contributed by atoms with Crippen molar-refractivity contribution in [3.63, 3.8) is 0 Å². The Labute approximate surface area is 556 Å². The van der Waals surface area contributed by atoms with Crippen molar-refractivity contribution < 1.29 is 119 Å². The molecule has 21 nitrogen and oxygen atoms in total. The topological polar surface area (TPSA) is 287 Å². The maximum absolute atomic E-state index is 12.7. The second kappa shape index (κ2) is 45.5. The van der Waals surface area contributed by atoms with Gasteiger partial charge in [0.1, 0.15) is 49.8 Å². The van der Waals surface area contributed by atoms with Crippen molar-refractivity contribution in [2.45, 2.75) is 193 Å².